The van der Waals surface area contributed by atoms with Gasteiger partial charge >= 0.3 is 0 Å². The van der Waals surface area contributed by atoms with Crippen LogP contribution >= 0.6 is 0 Å². The van der Waals surface area contributed by atoms with Gasteiger partial charge in [-0.2, -0.15) is 0 Å². The Bertz CT molecular complexity index is 948. The summed E-state index contributed by atoms with van der Waals surface area (Å²) in [6, 6.07) is 10.0. The molecular formula is C20H19FN4O. The lowest BCUT2D eigenvalue weighted by atomic mass is 10.1. The number of pyridine rings is 1. The highest BCUT2D eigenvalue weighted by atomic mass is 19.1. The third-order valence-electron chi connectivity index (χ3n) is 4.63. The molecule has 1 aliphatic heterocycles. The van der Waals surface area contributed by atoms with Crippen LogP contribution in [0.15, 0.2) is 48.8 Å². The van der Waals surface area contributed by atoms with Crippen LogP contribution in [-0.4, -0.2) is 22.0 Å². The van der Waals surface area contributed by atoms with Gasteiger partial charge in [0.2, 0.25) is 0 Å². The maximum atomic E-state index is 13.3. The van der Waals surface area contributed by atoms with Gasteiger partial charge in [0, 0.05) is 48.8 Å². The molecule has 6 heteroatoms. The van der Waals surface area contributed by atoms with E-state index in [1.807, 2.05) is 12.1 Å². The van der Waals surface area contributed by atoms with Crippen LogP contribution in [0.5, 0.6) is 0 Å². The molecule has 3 aromatic rings. The first-order valence-corrected chi connectivity index (χ1v) is 8.65. The van der Waals surface area contributed by atoms with Crippen LogP contribution in [0.3, 0.4) is 0 Å². The summed E-state index contributed by atoms with van der Waals surface area (Å²) >= 11 is 0. The van der Waals surface area contributed by atoms with Crippen molar-refractivity contribution in [1.29, 1.82) is 0 Å². The summed E-state index contributed by atoms with van der Waals surface area (Å²) in [5.74, 6) is -0.380. The molecule has 1 aromatic carbocycles. The minimum absolute atomic E-state index is 0.0848. The van der Waals surface area contributed by atoms with Gasteiger partial charge in [-0.05, 0) is 43.3 Å². The zero-order valence-corrected chi connectivity index (χ0v) is 14.4. The number of amides is 1. The van der Waals surface area contributed by atoms with E-state index < -0.39 is 0 Å². The first kappa shape index (κ1) is 16.3. The number of benzene rings is 1. The first-order valence-electron chi connectivity index (χ1n) is 8.65. The number of carbonyl (C=O) groups excluding carboxylic acids is 1. The molecule has 0 bridgehead atoms. The SMILES string of the molecule is CCn1c2c(c(Nc3ccc(F)cc3)c1-c1ccncc1)C(=O)NCC2. The Kier molecular flexibility index (Phi) is 4.16. The number of halogens is 1. The van der Waals surface area contributed by atoms with Gasteiger partial charge in [-0.1, -0.05) is 0 Å². The smallest absolute Gasteiger partial charge is 0.255 e. The molecule has 0 radical (unpaired) electrons. The fraction of sp³-hybridized carbons (Fsp3) is 0.200. The van der Waals surface area contributed by atoms with E-state index in [0.717, 1.165) is 41.3 Å². The summed E-state index contributed by atoms with van der Waals surface area (Å²) < 4.78 is 15.4. The molecule has 0 fully saturated rings. The molecule has 0 saturated carbocycles. The highest BCUT2D eigenvalue weighted by molar-refractivity contribution is 6.06. The Morgan fingerprint density at radius 2 is 1.92 bits per heavy atom. The number of aromatic nitrogens is 2. The van der Waals surface area contributed by atoms with Gasteiger partial charge in [0.25, 0.3) is 5.91 Å². The first-order chi connectivity index (χ1) is 12.7. The molecular weight excluding hydrogens is 331 g/mol. The van der Waals surface area contributed by atoms with Crippen molar-refractivity contribution in [1.82, 2.24) is 14.9 Å². The molecule has 0 saturated heterocycles. The lowest BCUT2D eigenvalue weighted by Crippen LogP contribution is -2.32. The van der Waals surface area contributed by atoms with Crippen molar-refractivity contribution in [2.75, 3.05) is 11.9 Å². The van der Waals surface area contributed by atoms with Crippen molar-refractivity contribution >= 4 is 17.3 Å². The Balaban J connectivity index is 1.94. The number of carbonyl (C=O) groups is 1. The largest absolute Gasteiger partial charge is 0.353 e. The number of nitrogens with zero attached hydrogens (tertiary/aromatic N) is 2. The Labute approximate surface area is 150 Å². The summed E-state index contributed by atoms with van der Waals surface area (Å²) in [5, 5.41) is 6.27. The number of fused-ring (bicyclic) bond motifs is 1. The van der Waals surface area contributed by atoms with Crippen LogP contribution in [-0.2, 0) is 13.0 Å². The number of hydrogen-bond donors (Lipinski definition) is 2. The van der Waals surface area contributed by atoms with Gasteiger partial charge in [0.05, 0.1) is 16.9 Å². The number of nitrogens with one attached hydrogen (secondary N) is 2. The van der Waals surface area contributed by atoms with Crippen LogP contribution < -0.4 is 10.6 Å². The molecule has 0 spiro atoms. The molecule has 132 valence electrons. The Morgan fingerprint density at radius 3 is 2.62 bits per heavy atom. The number of rotatable bonds is 4. The summed E-state index contributed by atoms with van der Waals surface area (Å²) in [5.41, 5.74) is 5.09. The predicted octanol–water partition coefficient (Wildman–Crippen LogP) is 3.74. The molecule has 2 N–H and O–H groups in total. The predicted molar refractivity (Wildman–Crippen MR) is 99.1 cm³/mol. The minimum Gasteiger partial charge on any atom is -0.353 e. The van der Waals surface area contributed by atoms with E-state index in [2.05, 4.69) is 27.1 Å². The van der Waals surface area contributed by atoms with Crippen LogP contribution in [0, 0.1) is 5.82 Å². The number of anilines is 2. The van der Waals surface area contributed by atoms with Crippen molar-refractivity contribution in [3.63, 3.8) is 0 Å². The van der Waals surface area contributed by atoms with Gasteiger partial charge in [-0.25, -0.2) is 4.39 Å². The third-order valence-corrected chi connectivity index (χ3v) is 4.63. The molecule has 26 heavy (non-hydrogen) atoms. The monoisotopic (exact) mass is 350 g/mol. The zero-order valence-electron chi connectivity index (χ0n) is 14.4. The fourth-order valence-electron chi connectivity index (χ4n) is 3.51. The van der Waals surface area contributed by atoms with E-state index in [9.17, 15) is 9.18 Å². The van der Waals surface area contributed by atoms with Crippen molar-refractivity contribution < 1.29 is 9.18 Å². The zero-order chi connectivity index (χ0) is 18.1. The van der Waals surface area contributed by atoms with Crippen LogP contribution in [0.25, 0.3) is 11.3 Å². The average Bonchev–Trinajstić information content (AvgIpc) is 2.99. The lowest BCUT2D eigenvalue weighted by molar-refractivity contribution is 0.0946. The lowest BCUT2D eigenvalue weighted by Gasteiger charge is -2.16. The molecule has 1 aliphatic rings. The van der Waals surface area contributed by atoms with Gasteiger partial charge in [-0.3, -0.25) is 9.78 Å². The number of hydrogen-bond acceptors (Lipinski definition) is 3. The summed E-state index contributed by atoms with van der Waals surface area (Å²) in [7, 11) is 0. The average molecular weight is 350 g/mol. The van der Waals surface area contributed by atoms with Gasteiger partial charge in [0.15, 0.2) is 0 Å². The van der Waals surface area contributed by atoms with E-state index in [0.29, 0.717) is 12.1 Å². The van der Waals surface area contributed by atoms with Crippen LogP contribution in [0.2, 0.25) is 0 Å². The van der Waals surface area contributed by atoms with E-state index in [1.54, 1.807) is 24.5 Å². The minimum atomic E-state index is -0.296. The van der Waals surface area contributed by atoms with Gasteiger partial charge in [-0.15, -0.1) is 0 Å². The topological polar surface area (TPSA) is 59.0 Å². The standard InChI is InChI=1S/C20H19FN4O/c1-2-25-16-9-12-23-20(26)17(16)18(19(25)13-7-10-22-11-8-13)24-15-5-3-14(21)4-6-15/h3-8,10-11,24H,2,9,12H2,1H3,(H,23,26). The second-order valence-electron chi connectivity index (χ2n) is 6.16. The van der Waals surface area contributed by atoms with E-state index in [4.69, 9.17) is 0 Å². The highest BCUT2D eigenvalue weighted by Gasteiger charge is 2.30. The maximum Gasteiger partial charge on any atom is 0.255 e. The Morgan fingerprint density at radius 1 is 1.19 bits per heavy atom. The van der Waals surface area contributed by atoms with Crippen molar-refractivity contribution in [3.8, 4) is 11.3 Å². The molecule has 0 atom stereocenters. The summed E-state index contributed by atoms with van der Waals surface area (Å²) in [6.07, 6.45) is 4.25. The molecule has 1 amide bonds. The summed E-state index contributed by atoms with van der Waals surface area (Å²) in [6.45, 7) is 3.44. The van der Waals surface area contributed by atoms with E-state index in [1.165, 1.54) is 12.1 Å². The third kappa shape index (κ3) is 2.73. The molecule has 2 aromatic heterocycles. The second-order valence-corrected chi connectivity index (χ2v) is 6.16. The van der Waals surface area contributed by atoms with Gasteiger partial charge in [0.1, 0.15) is 5.82 Å². The molecule has 4 rings (SSSR count). The normalized spacial score (nSPS) is 13.2. The fourth-order valence-corrected chi connectivity index (χ4v) is 3.51. The highest BCUT2D eigenvalue weighted by Crippen LogP contribution is 2.39. The molecule has 0 unspecified atom stereocenters. The summed E-state index contributed by atoms with van der Waals surface area (Å²) in [4.78, 5) is 16.7. The van der Waals surface area contributed by atoms with Crippen molar-refractivity contribution in [2.45, 2.75) is 19.9 Å². The molecule has 3 heterocycles. The molecule has 5 nitrogen and oxygen atoms in total. The Hall–Kier alpha value is -3.15. The quantitative estimate of drug-likeness (QED) is 0.754. The van der Waals surface area contributed by atoms with Gasteiger partial charge < -0.3 is 15.2 Å². The molecule has 0 aliphatic carbocycles. The second kappa shape index (κ2) is 6.63. The van der Waals surface area contributed by atoms with E-state index >= 15 is 0 Å². The maximum absolute atomic E-state index is 13.3. The van der Waals surface area contributed by atoms with E-state index in [-0.39, 0.29) is 11.7 Å². The van der Waals surface area contributed by atoms with Crippen molar-refractivity contribution in [3.05, 3.63) is 65.9 Å². The van der Waals surface area contributed by atoms with Crippen molar-refractivity contribution in [2.24, 2.45) is 0 Å². The van der Waals surface area contributed by atoms with Crippen LogP contribution in [0.4, 0.5) is 15.8 Å². The van der Waals surface area contributed by atoms with Crippen LogP contribution in [0.1, 0.15) is 23.0 Å².